The lowest BCUT2D eigenvalue weighted by molar-refractivity contribution is 0.0940. The Balaban J connectivity index is 1.38. The Morgan fingerprint density at radius 2 is 1.68 bits per heavy atom. The van der Waals surface area contributed by atoms with Gasteiger partial charge in [0.25, 0.3) is 5.91 Å². The van der Waals surface area contributed by atoms with E-state index >= 15 is 0 Å². The number of amides is 1. The number of nitrogens with one attached hydrogen (secondary N) is 2. The van der Waals surface area contributed by atoms with Crippen molar-refractivity contribution >= 4 is 39.0 Å². The van der Waals surface area contributed by atoms with E-state index in [0.717, 1.165) is 44.2 Å². The molecule has 0 radical (unpaired) electrons. The highest BCUT2D eigenvalue weighted by molar-refractivity contribution is 9.10. The summed E-state index contributed by atoms with van der Waals surface area (Å²) in [6.45, 7) is 7.01. The van der Waals surface area contributed by atoms with Gasteiger partial charge < -0.3 is 15.3 Å². The van der Waals surface area contributed by atoms with Crippen LogP contribution in [0.5, 0.6) is 0 Å². The SMILES string of the molecule is Cc1c(C)n(Cc2ccc(-c3ccccc3C=N)cc2)c2ccc(C(=O)N[C@@H](C)c3ccc(Br)cc3)cc12. The Bertz CT molecular complexity index is 1630. The van der Waals surface area contributed by atoms with Crippen LogP contribution >= 0.6 is 15.9 Å². The van der Waals surface area contributed by atoms with Crippen LogP contribution in [0.1, 0.15) is 51.3 Å². The maximum Gasteiger partial charge on any atom is 0.251 e. The van der Waals surface area contributed by atoms with E-state index in [1.165, 1.54) is 23.0 Å². The lowest BCUT2D eigenvalue weighted by atomic mass is 9.99. The van der Waals surface area contributed by atoms with Crippen molar-refractivity contribution in [1.82, 2.24) is 9.88 Å². The van der Waals surface area contributed by atoms with Gasteiger partial charge in [0.2, 0.25) is 0 Å². The van der Waals surface area contributed by atoms with Gasteiger partial charge in [-0.05, 0) is 84.5 Å². The smallest absolute Gasteiger partial charge is 0.251 e. The standard InChI is InChI=1S/C33H30BrN3O/c1-21-23(3)37(20-24-8-10-26(11-9-24)30-7-5-4-6-28(30)19-35)32-17-14-27(18-31(21)32)33(38)36-22(2)25-12-15-29(34)16-13-25/h4-19,22,35H,20H2,1-3H3,(H,36,38)/t22-/m0/s1. The molecular formula is C33H30BrN3O. The van der Waals surface area contributed by atoms with E-state index < -0.39 is 0 Å². The van der Waals surface area contributed by atoms with Crippen molar-refractivity contribution in [3.8, 4) is 11.1 Å². The number of rotatable bonds is 7. The zero-order valence-corrected chi connectivity index (χ0v) is 23.3. The average Bonchev–Trinajstić information content (AvgIpc) is 3.18. The Morgan fingerprint density at radius 3 is 2.39 bits per heavy atom. The summed E-state index contributed by atoms with van der Waals surface area (Å²) >= 11 is 3.46. The second-order valence-corrected chi connectivity index (χ2v) is 10.6. The van der Waals surface area contributed by atoms with Crippen LogP contribution < -0.4 is 5.32 Å². The summed E-state index contributed by atoms with van der Waals surface area (Å²) in [5, 5.41) is 11.9. The first-order chi connectivity index (χ1) is 18.4. The normalized spacial score (nSPS) is 11.9. The van der Waals surface area contributed by atoms with Crippen molar-refractivity contribution in [3.63, 3.8) is 0 Å². The molecule has 0 aliphatic rings. The summed E-state index contributed by atoms with van der Waals surface area (Å²) in [6.07, 6.45) is 1.40. The van der Waals surface area contributed by atoms with E-state index in [0.29, 0.717) is 5.56 Å². The number of fused-ring (bicyclic) bond motifs is 1. The number of hydrogen-bond acceptors (Lipinski definition) is 2. The average molecular weight is 565 g/mol. The monoisotopic (exact) mass is 563 g/mol. The van der Waals surface area contributed by atoms with Gasteiger partial charge in [-0.3, -0.25) is 4.79 Å². The molecule has 0 aliphatic carbocycles. The van der Waals surface area contributed by atoms with Gasteiger partial charge in [-0.2, -0.15) is 0 Å². The van der Waals surface area contributed by atoms with Gasteiger partial charge in [0.1, 0.15) is 0 Å². The molecule has 1 aromatic heterocycles. The number of aryl methyl sites for hydroxylation is 1. The molecule has 5 aromatic rings. The molecule has 5 heteroatoms. The van der Waals surface area contributed by atoms with Crippen molar-refractivity contribution < 1.29 is 4.79 Å². The molecular weight excluding hydrogens is 534 g/mol. The molecule has 5 rings (SSSR count). The summed E-state index contributed by atoms with van der Waals surface area (Å²) < 4.78 is 3.34. The first-order valence-electron chi connectivity index (χ1n) is 12.7. The number of carbonyl (C=O) groups excluding carboxylic acids is 1. The summed E-state index contributed by atoms with van der Waals surface area (Å²) in [4.78, 5) is 13.1. The Hall–Kier alpha value is -3.96. The van der Waals surface area contributed by atoms with E-state index in [1.807, 2.05) is 61.5 Å². The molecule has 0 saturated heterocycles. The van der Waals surface area contributed by atoms with Crippen LogP contribution in [0.4, 0.5) is 0 Å². The second-order valence-electron chi connectivity index (χ2n) is 9.70. The number of benzene rings is 4. The van der Waals surface area contributed by atoms with Crippen molar-refractivity contribution in [1.29, 1.82) is 5.41 Å². The molecule has 0 spiro atoms. The Kier molecular flexibility index (Phi) is 7.30. The number of hydrogen-bond donors (Lipinski definition) is 2. The molecule has 190 valence electrons. The molecule has 0 fully saturated rings. The van der Waals surface area contributed by atoms with Gasteiger partial charge in [0, 0.05) is 39.4 Å². The third-order valence-corrected chi connectivity index (χ3v) is 7.87. The van der Waals surface area contributed by atoms with Crippen LogP contribution in [-0.4, -0.2) is 16.7 Å². The topological polar surface area (TPSA) is 57.9 Å². The molecule has 1 amide bonds. The third-order valence-electron chi connectivity index (χ3n) is 7.34. The van der Waals surface area contributed by atoms with Crippen LogP contribution in [0, 0.1) is 19.3 Å². The number of halogens is 1. The molecule has 38 heavy (non-hydrogen) atoms. The molecule has 4 aromatic carbocycles. The predicted molar refractivity (Wildman–Crippen MR) is 160 cm³/mol. The van der Waals surface area contributed by atoms with Gasteiger partial charge in [-0.1, -0.05) is 76.6 Å². The lowest BCUT2D eigenvalue weighted by Crippen LogP contribution is -2.26. The minimum absolute atomic E-state index is 0.0760. The van der Waals surface area contributed by atoms with Crippen molar-refractivity contribution in [3.05, 3.63) is 129 Å². The number of nitrogens with zero attached hydrogens (tertiary/aromatic N) is 1. The van der Waals surface area contributed by atoms with Crippen molar-refractivity contribution in [2.75, 3.05) is 0 Å². The highest BCUT2D eigenvalue weighted by atomic mass is 79.9. The van der Waals surface area contributed by atoms with Crippen molar-refractivity contribution in [2.45, 2.75) is 33.4 Å². The van der Waals surface area contributed by atoms with Gasteiger partial charge in [-0.25, -0.2) is 0 Å². The molecule has 0 bridgehead atoms. The maximum atomic E-state index is 13.1. The summed E-state index contributed by atoms with van der Waals surface area (Å²) in [6, 6.07) is 30.4. The molecule has 1 heterocycles. The molecule has 0 aliphatic heterocycles. The van der Waals surface area contributed by atoms with Gasteiger partial charge in [0.05, 0.1) is 6.04 Å². The van der Waals surface area contributed by atoms with Gasteiger partial charge in [0.15, 0.2) is 0 Å². The van der Waals surface area contributed by atoms with E-state index in [2.05, 4.69) is 76.1 Å². The minimum Gasteiger partial charge on any atom is -0.346 e. The molecule has 0 saturated carbocycles. The van der Waals surface area contributed by atoms with Crippen molar-refractivity contribution in [2.24, 2.45) is 0 Å². The molecule has 4 nitrogen and oxygen atoms in total. The first-order valence-corrected chi connectivity index (χ1v) is 13.5. The Morgan fingerprint density at radius 1 is 0.974 bits per heavy atom. The fraction of sp³-hybridized carbons (Fsp3) is 0.152. The predicted octanol–water partition coefficient (Wildman–Crippen LogP) is 8.22. The molecule has 0 unspecified atom stereocenters. The van der Waals surface area contributed by atoms with E-state index in [-0.39, 0.29) is 11.9 Å². The van der Waals surface area contributed by atoms with Crippen LogP contribution in [-0.2, 0) is 6.54 Å². The quantitative estimate of drug-likeness (QED) is 0.192. The summed E-state index contributed by atoms with van der Waals surface area (Å²) in [5.41, 5.74) is 9.50. The molecule has 1 atom stereocenters. The highest BCUT2D eigenvalue weighted by Gasteiger charge is 2.16. The van der Waals surface area contributed by atoms with Gasteiger partial charge in [-0.15, -0.1) is 0 Å². The maximum absolute atomic E-state index is 13.1. The molecule has 2 N–H and O–H groups in total. The second kappa shape index (κ2) is 10.8. The van der Waals surface area contributed by atoms with Crippen LogP contribution in [0.15, 0.2) is 95.5 Å². The van der Waals surface area contributed by atoms with E-state index in [9.17, 15) is 4.79 Å². The van der Waals surface area contributed by atoms with Crippen LogP contribution in [0.25, 0.3) is 22.0 Å². The van der Waals surface area contributed by atoms with Crippen LogP contribution in [0.2, 0.25) is 0 Å². The van der Waals surface area contributed by atoms with E-state index in [4.69, 9.17) is 5.41 Å². The largest absolute Gasteiger partial charge is 0.346 e. The lowest BCUT2D eigenvalue weighted by Gasteiger charge is -2.15. The third kappa shape index (κ3) is 5.07. The fourth-order valence-corrected chi connectivity index (χ4v) is 5.23. The van der Waals surface area contributed by atoms with Gasteiger partial charge >= 0.3 is 0 Å². The first kappa shape index (κ1) is 25.7. The number of carbonyl (C=O) groups is 1. The highest BCUT2D eigenvalue weighted by Crippen LogP contribution is 2.29. The Labute approximate surface area is 232 Å². The zero-order valence-electron chi connectivity index (χ0n) is 21.8. The fourth-order valence-electron chi connectivity index (χ4n) is 4.97. The summed E-state index contributed by atoms with van der Waals surface area (Å²) in [7, 11) is 0. The number of aromatic nitrogens is 1. The van der Waals surface area contributed by atoms with E-state index in [1.54, 1.807) is 0 Å². The summed E-state index contributed by atoms with van der Waals surface area (Å²) in [5.74, 6) is -0.0760. The van der Waals surface area contributed by atoms with Crippen LogP contribution in [0.3, 0.4) is 0 Å². The minimum atomic E-state index is -0.0901. The zero-order chi connectivity index (χ0) is 26.8.